The molecule has 1 aliphatic rings. The van der Waals surface area contributed by atoms with Crippen LogP contribution in [0.15, 0.2) is 29.4 Å². The minimum absolute atomic E-state index is 0.163. The standard InChI is InChI=1S/C12H16ClN3O/c13-9-1-3-10(4-2-9)15-8-12(5-6-12)7-11(14)16-17/h1-4,15,17H,5-8H2,(H2,14,16). The second-order valence-electron chi connectivity index (χ2n) is 4.63. The van der Waals surface area contributed by atoms with Crippen LogP contribution in [-0.2, 0) is 0 Å². The van der Waals surface area contributed by atoms with Crippen molar-refractivity contribution < 1.29 is 5.21 Å². The summed E-state index contributed by atoms with van der Waals surface area (Å²) in [5, 5.41) is 15.7. The van der Waals surface area contributed by atoms with Gasteiger partial charge in [0, 0.05) is 23.7 Å². The van der Waals surface area contributed by atoms with Crippen LogP contribution in [0, 0.1) is 5.41 Å². The van der Waals surface area contributed by atoms with E-state index in [4.69, 9.17) is 22.5 Å². The van der Waals surface area contributed by atoms with Crippen molar-refractivity contribution in [3.05, 3.63) is 29.3 Å². The third-order valence-electron chi connectivity index (χ3n) is 3.15. The van der Waals surface area contributed by atoms with Gasteiger partial charge in [0.05, 0.1) is 0 Å². The molecule has 0 bridgehead atoms. The van der Waals surface area contributed by atoms with Gasteiger partial charge in [-0.1, -0.05) is 16.8 Å². The number of hydrogen-bond donors (Lipinski definition) is 3. The Bertz CT molecular complexity index is 412. The van der Waals surface area contributed by atoms with Crippen LogP contribution in [-0.4, -0.2) is 17.6 Å². The minimum atomic E-state index is 0.163. The molecule has 0 atom stereocenters. The van der Waals surface area contributed by atoms with Gasteiger partial charge in [-0.3, -0.25) is 0 Å². The van der Waals surface area contributed by atoms with Crippen molar-refractivity contribution >= 4 is 23.1 Å². The predicted molar refractivity (Wildman–Crippen MR) is 69.6 cm³/mol. The maximum absolute atomic E-state index is 8.57. The molecule has 4 nitrogen and oxygen atoms in total. The van der Waals surface area contributed by atoms with Crippen molar-refractivity contribution in [2.45, 2.75) is 19.3 Å². The largest absolute Gasteiger partial charge is 0.409 e. The zero-order valence-corrected chi connectivity index (χ0v) is 10.2. The van der Waals surface area contributed by atoms with Crippen LogP contribution in [0.1, 0.15) is 19.3 Å². The van der Waals surface area contributed by atoms with Gasteiger partial charge in [-0.15, -0.1) is 0 Å². The Hall–Kier alpha value is -1.42. The van der Waals surface area contributed by atoms with Gasteiger partial charge in [-0.2, -0.15) is 0 Å². The van der Waals surface area contributed by atoms with E-state index in [-0.39, 0.29) is 5.41 Å². The summed E-state index contributed by atoms with van der Waals surface area (Å²) in [7, 11) is 0. The highest BCUT2D eigenvalue weighted by atomic mass is 35.5. The zero-order chi connectivity index (χ0) is 12.3. The second-order valence-corrected chi connectivity index (χ2v) is 5.06. The highest BCUT2D eigenvalue weighted by Gasteiger charge is 2.43. The summed E-state index contributed by atoms with van der Waals surface area (Å²) in [6, 6.07) is 7.60. The molecule has 1 saturated carbocycles. The normalized spacial score (nSPS) is 17.8. The summed E-state index contributed by atoms with van der Waals surface area (Å²) in [6.07, 6.45) is 2.87. The number of nitrogens with zero attached hydrogens (tertiary/aromatic N) is 1. The summed E-state index contributed by atoms with van der Waals surface area (Å²) < 4.78 is 0. The number of halogens is 1. The molecule has 1 fully saturated rings. The van der Waals surface area contributed by atoms with Crippen molar-refractivity contribution in [2.24, 2.45) is 16.3 Å². The number of nitrogens with two attached hydrogens (primary N) is 1. The fourth-order valence-electron chi connectivity index (χ4n) is 1.87. The molecule has 0 amide bonds. The van der Waals surface area contributed by atoms with E-state index in [1.807, 2.05) is 24.3 Å². The van der Waals surface area contributed by atoms with Gasteiger partial charge < -0.3 is 16.3 Å². The number of nitrogens with one attached hydrogen (secondary N) is 1. The first-order valence-corrected chi connectivity index (χ1v) is 5.97. The molecule has 0 saturated heterocycles. The third kappa shape index (κ3) is 3.27. The average Bonchev–Trinajstić information content (AvgIpc) is 3.09. The first kappa shape index (κ1) is 12.0. The maximum Gasteiger partial charge on any atom is 0.139 e. The first-order chi connectivity index (χ1) is 8.13. The Morgan fingerprint density at radius 1 is 1.41 bits per heavy atom. The Labute approximate surface area is 105 Å². The smallest absolute Gasteiger partial charge is 0.139 e. The molecule has 0 heterocycles. The second kappa shape index (κ2) is 4.84. The zero-order valence-electron chi connectivity index (χ0n) is 9.49. The van der Waals surface area contributed by atoms with Crippen LogP contribution in [0.2, 0.25) is 5.02 Å². The van der Waals surface area contributed by atoms with Crippen molar-refractivity contribution in [3.63, 3.8) is 0 Å². The molecule has 0 spiro atoms. The fourth-order valence-corrected chi connectivity index (χ4v) is 2.00. The summed E-state index contributed by atoms with van der Waals surface area (Å²) in [5.41, 5.74) is 6.75. The van der Waals surface area contributed by atoms with E-state index in [1.165, 1.54) is 0 Å². The van der Waals surface area contributed by atoms with Crippen LogP contribution in [0.25, 0.3) is 0 Å². The summed E-state index contributed by atoms with van der Waals surface area (Å²) in [5.74, 6) is 0.306. The van der Waals surface area contributed by atoms with Crippen molar-refractivity contribution in [1.82, 2.24) is 0 Å². The Morgan fingerprint density at radius 2 is 2.06 bits per heavy atom. The highest BCUT2D eigenvalue weighted by Crippen LogP contribution is 2.48. The number of rotatable bonds is 5. The van der Waals surface area contributed by atoms with E-state index in [1.54, 1.807) is 0 Å². The lowest BCUT2D eigenvalue weighted by atomic mass is 10.0. The quantitative estimate of drug-likeness (QED) is 0.327. The monoisotopic (exact) mass is 253 g/mol. The predicted octanol–water partition coefficient (Wildman–Crippen LogP) is 2.67. The van der Waals surface area contributed by atoms with Gasteiger partial charge in [-0.05, 0) is 42.5 Å². The molecule has 2 rings (SSSR count). The van der Waals surface area contributed by atoms with E-state index in [0.29, 0.717) is 12.3 Å². The van der Waals surface area contributed by atoms with Crippen LogP contribution in [0.4, 0.5) is 5.69 Å². The van der Waals surface area contributed by atoms with E-state index in [9.17, 15) is 0 Å². The topological polar surface area (TPSA) is 70.6 Å². The molecular formula is C12H16ClN3O. The number of hydrogen-bond acceptors (Lipinski definition) is 3. The lowest BCUT2D eigenvalue weighted by molar-refractivity contribution is 0.315. The lowest BCUT2D eigenvalue weighted by Gasteiger charge is -2.16. The maximum atomic E-state index is 8.57. The fraction of sp³-hybridized carbons (Fsp3) is 0.417. The Balaban J connectivity index is 1.88. The molecule has 0 radical (unpaired) electrons. The molecule has 92 valence electrons. The minimum Gasteiger partial charge on any atom is -0.409 e. The number of anilines is 1. The molecule has 0 aliphatic heterocycles. The first-order valence-electron chi connectivity index (χ1n) is 5.59. The molecule has 17 heavy (non-hydrogen) atoms. The van der Waals surface area contributed by atoms with Crippen molar-refractivity contribution in [2.75, 3.05) is 11.9 Å². The van der Waals surface area contributed by atoms with Crippen LogP contribution in [0.5, 0.6) is 0 Å². The third-order valence-corrected chi connectivity index (χ3v) is 3.41. The molecule has 1 aromatic rings. The van der Waals surface area contributed by atoms with Gasteiger partial charge in [-0.25, -0.2) is 0 Å². The lowest BCUT2D eigenvalue weighted by Crippen LogP contribution is -2.23. The number of benzene rings is 1. The molecule has 4 N–H and O–H groups in total. The molecule has 0 unspecified atom stereocenters. The number of amidine groups is 1. The van der Waals surface area contributed by atoms with Crippen LogP contribution < -0.4 is 11.1 Å². The molecule has 1 aliphatic carbocycles. The van der Waals surface area contributed by atoms with Crippen molar-refractivity contribution in [1.29, 1.82) is 0 Å². The van der Waals surface area contributed by atoms with Crippen molar-refractivity contribution in [3.8, 4) is 0 Å². The van der Waals surface area contributed by atoms with Crippen LogP contribution in [0.3, 0.4) is 0 Å². The SMILES string of the molecule is NC(CC1(CNc2ccc(Cl)cc2)CC1)=NO. The Morgan fingerprint density at radius 3 is 2.59 bits per heavy atom. The van der Waals surface area contributed by atoms with Gasteiger partial charge in [0.15, 0.2) is 0 Å². The van der Waals surface area contributed by atoms with Crippen LogP contribution >= 0.6 is 11.6 Å². The van der Waals surface area contributed by atoms with Gasteiger partial charge >= 0.3 is 0 Å². The molecular weight excluding hydrogens is 238 g/mol. The summed E-state index contributed by atoms with van der Waals surface area (Å²) in [4.78, 5) is 0. The number of oxime groups is 1. The summed E-state index contributed by atoms with van der Waals surface area (Å²) >= 11 is 5.81. The van der Waals surface area contributed by atoms with Gasteiger partial charge in [0.2, 0.25) is 0 Å². The van der Waals surface area contributed by atoms with Gasteiger partial charge in [0.1, 0.15) is 5.84 Å². The molecule has 5 heteroatoms. The molecule has 1 aromatic carbocycles. The molecule has 0 aromatic heterocycles. The van der Waals surface area contributed by atoms with E-state index >= 15 is 0 Å². The van der Waals surface area contributed by atoms with E-state index in [0.717, 1.165) is 30.1 Å². The van der Waals surface area contributed by atoms with E-state index in [2.05, 4.69) is 10.5 Å². The van der Waals surface area contributed by atoms with Gasteiger partial charge in [0.25, 0.3) is 0 Å². The Kier molecular flexibility index (Phi) is 3.43. The van der Waals surface area contributed by atoms with E-state index < -0.39 is 0 Å². The summed E-state index contributed by atoms with van der Waals surface area (Å²) in [6.45, 7) is 0.838. The average molecular weight is 254 g/mol. The highest BCUT2D eigenvalue weighted by molar-refractivity contribution is 6.30.